The molecule has 0 fully saturated rings. The average molecular weight is 146 g/mol. The highest BCUT2D eigenvalue weighted by atomic mass is 14.1. The van der Waals surface area contributed by atoms with Crippen LogP contribution in [0.4, 0.5) is 0 Å². The van der Waals surface area contributed by atoms with Gasteiger partial charge in [0.1, 0.15) is 0 Å². The van der Waals surface area contributed by atoms with Crippen LogP contribution in [-0.2, 0) is 0 Å². The molecule has 0 amide bonds. The van der Waals surface area contributed by atoms with Gasteiger partial charge < -0.3 is 0 Å². The smallest absolute Gasteiger partial charge is 0.0213 e. The lowest BCUT2D eigenvalue weighted by Gasteiger charge is -2.08. The van der Waals surface area contributed by atoms with Crippen molar-refractivity contribution in [1.82, 2.24) is 0 Å². The van der Waals surface area contributed by atoms with Crippen molar-refractivity contribution in [3.63, 3.8) is 0 Å². The van der Waals surface area contributed by atoms with E-state index in [4.69, 9.17) is 0 Å². The first-order valence-corrected chi connectivity index (χ1v) is 3.97. The van der Waals surface area contributed by atoms with Crippen molar-refractivity contribution in [2.45, 2.75) is 19.8 Å². The molecule has 0 aromatic heterocycles. The van der Waals surface area contributed by atoms with E-state index in [0.29, 0.717) is 5.92 Å². The van der Waals surface area contributed by atoms with Gasteiger partial charge in [0.2, 0.25) is 0 Å². The maximum atomic E-state index is 3.77. The molecule has 0 atom stereocenters. The Hall–Kier alpha value is -1.04. The highest BCUT2D eigenvalue weighted by Crippen LogP contribution is 2.19. The van der Waals surface area contributed by atoms with Crippen LogP contribution in [0.1, 0.15) is 30.9 Å². The molecule has 0 heteroatoms. The Kier molecular flexibility index (Phi) is 2.48. The normalized spacial score (nSPS) is 10.1. The second-order valence-electron chi connectivity index (χ2n) is 2.99. The molecule has 1 aromatic carbocycles. The van der Waals surface area contributed by atoms with Gasteiger partial charge in [0.25, 0.3) is 0 Å². The van der Waals surface area contributed by atoms with Crippen molar-refractivity contribution in [3.8, 4) is 0 Å². The quantitative estimate of drug-likeness (QED) is 0.599. The highest BCUT2D eigenvalue weighted by Gasteiger charge is 2.00. The molecule has 0 aliphatic rings. The summed E-state index contributed by atoms with van der Waals surface area (Å²) < 4.78 is 0. The number of benzene rings is 1. The van der Waals surface area contributed by atoms with E-state index < -0.39 is 0 Å². The standard InChI is InChI=1S/C11H14/c1-4-10-7-5-6-8-11(10)9(2)3/h4-9H,1H2,2-3H3. The Bertz CT molecular complexity index is 246. The molecule has 0 saturated carbocycles. The van der Waals surface area contributed by atoms with Gasteiger partial charge in [0.05, 0.1) is 0 Å². The highest BCUT2D eigenvalue weighted by molar-refractivity contribution is 5.52. The van der Waals surface area contributed by atoms with E-state index in [2.05, 4.69) is 38.6 Å². The second-order valence-corrected chi connectivity index (χ2v) is 2.99. The van der Waals surface area contributed by atoms with E-state index in [1.165, 1.54) is 11.1 Å². The molecule has 0 spiro atoms. The van der Waals surface area contributed by atoms with Crippen molar-refractivity contribution in [3.05, 3.63) is 42.0 Å². The van der Waals surface area contributed by atoms with Crippen LogP contribution in [0.15, 0.2) is 30.8 Å². The lowest BCUT2D eigenvalue weighted by atomic mass is 9.97. The molecule has 1 rings (SSSR count). The molecular weight excluding hydrogens is 132 g/mol. The molecule has 58 valence electrons. The first-order chi connectivity index (χ1) is 5.25. The van der Waals surface area contributed by atoms with Gasteiger partial charge in [0.15, 0.2) is 0 Å². The summed E-state index contributed by atoms with van der Waals surface area (Å²) >= 11 is 0. The van der Waals surface area contributed by atoms with Gasteiger partial charge in [-0.05, 0) is 17.0 Å². The summed E-state index contributed by atoms with van der Waals surface area (Å²) in [6.07, 6.45) is 1.91. The molecule has 0 nitrogen and oxygen atoms in total. The Morgan fingerprint density at radius 3 is 2.36 bits per heavy atom. The first-order valence-electron chi connectivity index (χ1n) is 3.97. The Balaban J connectivity index is 3.12. The van der Waals surface area contributed by atoms with Gasteiger partial charge in [-0.3, -0.25) is 0 Å². The largest absolute Gasteiger partial charge is 0.0985 e. The molecule has 0 saturated heterocycles. The fourth-order valence-corrected chi connectivity index (χ4v) is 1.22. The molecule has 0 aliphatic carbocycles. The minimum absolute atomic E-state index is 0.587. The topological polar surface area (TPSA) is 0 Å². The maximum absolute atomic E-state index is 3.77. The van der Waals surface area contributed by atoms with Crippen LogP contribution in [-0.4, -0.2) is 0 Å². The van der Waals surface area contributed by atoms with Gasteiger partial charge >= 0.3 is 0 Å². The number of hydrogen-bond acceptors (Lipinski definition) is 0. The van der Waals surface area contributed by atoms with Crippen molar-refractivity contribution >= 4 is 6.08 Å². The third kappa shape index (κ3) is 1.70. The van der Waals surface area contributed by atoms with E-state index in [1.54, 1.807) is 0 Å². The van der Waals surface area contributed by atoms with Crippen LogP contribution < -0.4 is 0 Å². The van der Waals surface area contributed by atoms with Crippen molar-refractivity contribution < 1.29 is 0 Å². The summed E-state index contributed by atoms with van der Waals surface area (Å²) in [7, 11) is 0. The van der Waals surface area contributed by atoms with Gasteiger partial charge in [0, 0.05) is 0 Å². The van der Waals surface area contributed by atoms with Crippen LogP contribution in [0.3, 0.4) is 0 Å². The first kappa shape index (κ1) is 8.06. The monoisotopic (exact) mass is 146 g/mol. The Morgan fingerprint density at radius 2 is 1.91 bits per heavy atom. The summed E-state index contributed by atoms with van der Waals surface area (Å²) in [6, 6.07) is 8.37. The van der Waals surface area contributed by atoms with Crippen LogP contribution in [0, 0.1) is 0 Å². The predicted molar refractivity (Wildman–Crippen MR) is 50.6 cm³/mol. The lowest BCUT2D eigenvalue weighted by Crippen LogP contribution is -1.89. The van der Waals surface area contributed by atoms with E-state index in [0.717, 1.165) is 0 Å². The van der Waals surface area contributed by atoms with Gasteiger partial charge in [-0.1, -0.05) is 50.8 Å². The maximum Gasteiger partial charge on any atom is -0.0213 e. The second kappa shape index (κ2) is 3.38. The van der Waals surface area contributed by atoms with Gasteiger partial charge in [-0.15, -0.1) is 0 Å². The zero-order valence-electron chi connectivity index (χ0n) is 7.17. The third-order valence-corrected chi connectivity index (χ3v) is 1.84. The average Bonchev–Trinajstić information content (AvgIpc) is 2.04. The minimum Gasteiger partial charge on any atom is -0.0985 e. The lowest BCUT2D eigenvalue weighted by molar-refractivity contribution is 0.864. The Morgan fingerprint density at radius 1 is 1.27 bits per heavy atom. The van der Waals surface area contributed by atoms with Gasteiger partial charge in [-0.2, -0.15) is 0 Å². The van der Waals surface area contributed by atoms with Crippen LogP contribution in [0.25, 0.3) is 6.08 Å². The number of hydrogen-bond donors (Lipinski definition) is 0. The van der Waals surface area contributed by atoms with Crippen molar-refractivity contribution in [2.24, 2.45) is 0 Å². The van der Waals surface area contributed by atoms with E-state index >= 15 is 0 Å². The zero-order chi connectivity index (χ0) is 8.27. The summed E-state index contributed by atoms with van der Waals surface area (Å²) in [4.78, 5) is 0. The van der Waals surface area contributed by atoms with Crippen molar-refractivity contribution in [1.29, 1.82) is 0 Å². The third-order valence-electron chi connectivity index (χ3n) is 1.84. The molecule has 0 unspecified atom stereocenters. The summed E-state index contributed by atoms with van der Waals surface area (Å²) in [5, 5.41) is 0. The Labute approximate surface area is 68.6 Å². The molecule has 0 N–H and O–H groups in total. The van der Waals surface area contributed by atoms with Crippen LogP contribution in [0.5, 0.6) is 0 Å². The SMILES string of the molecule is C=Cc1ccccc1C(C)C. The number of rotatable bonds is 2. The van der Waals surface area contributed by atoms with Crippen LogP contribution >= 0.6 is 0 Å². The molecule has 0 radical (unpaired) electrons. The summed E-state index contributed by atoms with van der Waals surface area (Å²) in [6.45, 7) is 8.17. The predicted octanol–water partition coefficient (Wildman–Crippen LogP) is 3.45. The summed E-state index contributed by atoms with van der Waals surface area (Å²) in [5.74, 6) is 0.587. The van der Waals surface area contributed by atoms with E-state index in [9.17, 15) is 0 Å². The van der Waals surface area contributed by atoms with E-state index in [-0.39, 0.29) is 0 Å². The summed E-state index contributed by atoms with van der Waals surface area (Å²) in [5.41, 5.74) is 2.63. The minimum atomic E-state index is 0.587. The van der Waals surface area contributed by atoms with Crippen molar-refractivity contribution in [2.75, 3.05) is 0 Å². The molecular formula is C11H14. The fraction of sp³-hybridized carbons (Fsp3) is 0.273. The molecule has 0 aliphatic heterocycles. The van der Waals surface area contributed by atoms with Gasteiger partial charge in [-0.25, -0.2) is 0 Å². The zero-order valence-corrected chi connectivity index (χ0v) is 7.17. The van der Waals surface area contributed by atoms with Crippen LogP contribution in [0.2, 0.25) is 0 Å². The van der Waals surface area contributed by atoms with E-state index in [1.807, 2.05) is 12.1 Å². The molecule has 0 bridgehead atoms. The molecule has 11 heavy (non-hydrogen) atoms. The fourth-order valence-electron chi connectivity index (χ4n) is 1.22. The molecule has 0 heterocycles. The molecule has 1 aromatic rings.